The van der Waals surface area contributed by atoms with Crippen LogP contribution in [0.1, 0.15) is 5.56 Å². The molecule has 0 unspecified atom stereocenters. The molecule has 0 bridgehead atoms. The van der Waals surface area contributed by atoms with Gasteiger partial charge in [-0.05, 0) is 40.0 Å². The van der Waals surface area contributed by atoms with Gasteiger partial charge in [0.15, 0.2) is 0 Å². The Bertz CT molecular complexity index is 511. The molecule has 0 spiro atoms. The van der Waals surface area contributed by atoms with Crippen LogP contribution in [0.4, 0.5) is 0 Å². The van der Waals surface area contributed by atoms with Crippen molar-refractivity contribution in [1.82, 2.24) is 0 Å². The van der Waals surface area contributed by atoms with Gasteiger partial charge in [-0.25, -0.2) is 8.42 Å². The first-order valence-electron chi connectivity index (χ1n) is 3.56. The summed E-state index contributed by atoms with van der Waals surface area (Å²) in [4.78, 5) is 0. The fraction of sp³-hybridized carbons (Fsp3) is 0.111. The predicted octanol–water partition coefficient (Wildman–Crippen LogP) is 2.46. The highest BCUT2D eigenvalue weighted by Crippen LogP contribution is 2.20. The summed E-state index contributed by atoms with van der Waals surface area (Å²) in [6.45, 7) is 0. The molecule has 14 heavy (non-hydrogen) atoms. The SMILES string of the molecule is CS(=O)(=O)C#Cc1cc(Cl)ccc1Br. The van der Waals surface area contributed by atoms with Gasteiger partial charge in [0.2, 0.25) is 9.84 Å². The van der Waals surface area contributed by atoms with Gasteiger partial charge in [0.1, 0.15) is 0 Å². The third-order valence-electron chi connectivity index (χ3n) is 1.30. The molecule has 0 amide bonds. The molecule has 0 fully saturated rings. The maximum absolute atomic E-state index is 10.8. The average Bonchev–Trinajstić information content (AvgIpc) is 2.05. The van der Waals surface area contributed by atoms with Gasteiger partial charge in [-0.1, -0.05) is 11.6 Å². The molecule has 0 heterocycles. The number of hydrogen-bond acceptors (Lipinski definition) is 2. The molecular weight excluding hydrogens is 288 g/mol. The van der Waals surface area contributed by atoms with E-state index in [9.17, 15) is 8.42 Å². The van der Waals surface area contributed by atoms with Crippen LogP contribution in [0.2, 0.25) is 5.02 Å². The largest absolute Gasteiger partial charge is 0.216 e. The van der Waals surface area contributed by atoms with Crippen molar-refractivity contribution in [3.8, 4) is 11.2 Å². The van der Waals surface area contributed by atoms with Crippen molar-refractivity contribution in [3.05, 3.63) is 33.3 Å². The number of rotatable bonds is 0. The molecule has 0 aromatic heterocycles. The van der Waals surface area contributed by atoms with Gasteiger partial charge in [-0.15, -0.1) is 0 Å². The molecule has 0 saturated carbocycles. The van der Waals surface area contributed by atoms with E-state index in [4.69, 9.17) is 11.6 Å². The van der Waals surface area contributed by atoms with Crippen LogP contribution >= 0.6 is 27.5 Å². The molecule has 0 aliphatic carbocycles. The lowest BCUT2D eigenvalue weighted by Crippen LogP contribution is -1.89. The van der Waals surface area contributed by atoms with Crippen molar-refractivity contribution in [1.29, 1.82) is 0 Å². The lowest BCUT2D eigenvalue weighted by molar-refractivity contribution is 0.611. The quantitative estimate of drug-likeness (QED) is 0.689. The Kier molecular flexibility index (Phi) is 3.59. The molecule has 2 nitrogen and oxygen atoms in total. The molecule has 5 heteroatoms. The Morgan fingerprint density at radius 2 is 2.07 bits per heavy atom. The van der Waals surface area contributed by atoms with Gasteiger partial charge in [0, 0.05) is 20.3 Å². The summed E-state index contributed by atoms with van der Waals surface area (Å²) < 4.78 is 22.3. The Morgan fingerprint density at radius 3 is 2.64 bits per heavy atom. The van der Waals surface area contributed by atoms with Gasteiger partial charge in [-0.3, -0.25) is 0 Å². The Labute approximate surface area is 96.3 Å². The van der Waals surface area contributed by atoms with Crippen LogP contribution in [-0.4, -0.2) is 14.7 Å². The fourth-order valence-electron chi connectivity index (χ4n) is 0.741. The lowest BCUT2D eigenvalue weighted by atomic mass is 10.2. The zero-order valence-corrected chi connectivity index (χ0v) is 10.4. The minimum absolute atomic E-state index is 0.519. The smallest absolute Gasteiger partial charge is 0.214 e. The highest BCUT2D eigenvalue weighted by Gasteiger charge is 1.98. The number of halogens is 2. The summed E-state index contributed by atoms with van der Waals surface area (Å²) >= 11 is 8.97. The Balaban J connectivity index is 3.19. The van der Waals surface area contributed by atoms with Crippen molar-refractivity contribution in [2.45, 2.75) is 0 Å². The van der Waals surface area contributed by atoms with Gasteiger partial charge in [0.25, 0.3) is 0 Å². The summed E-state index contributed by atoms with van der Waals surface area (Å²) in [5.74, 6) is 2.52. The van der Waals surface area contributed by atoms with E-state index in [1.807, 2.05) is 0 Å². The first-order valence-corrected chi connectivity index (χ1v) is 6.62. The van der Waals surface area contributed by atoms with Crippen molar-refractivity contribution in [2.75, 3.05) is 6.26 Å². The summed E-state index contributed by atoms with van der Waals surface area (Å²) in [5.41, 5.74) is 0.558. The highest BCUT2D eigenvalue weighted by atomic mass is 79.9. The second kappa shape index (κ2) is 4.35. The standard InChI is InChI=1S/C9H6BrClO2S/c1-14(12,13)5-4-7-6-8(11)2-3-9(7)10/h2-3,6H,1H3. The molecule has 0 saturated heterocycles. The minimum atomic E-state index is -3.28. The molecule has 74 valence electrons. The molecule has 0 aliphatic rings. The van der Waals surface area contributed by atoms with Crippen molar-refractivity contribution in [3.63, 3.8) is 0 Å². The molecule has 1 aromatic rings. The van der Waals surface area contributed by atoms with Crippen LogP contribution in [0.5, 0.6) is 0 Å². The maximum Gasteiger partial charge on any atom is 0.214 e. The molecule has 0 atom stereocenters. The fourth-order valence-corrected chi connectivity index (χ4v) is 1.55. The Hall–Kier alpha value is -0.500. The highest BCUT2D eigenvalue weighted by molar-refractivity contribution is 9.10. The van der Waals surface area contributed by atoms with Gasteiger partial charge < -0.3 is 0 Å². The molecular formula is C9H6BrClO2S. The lowest BCUT2D eigenvalue weighted by Gasteiger charge is -1.95. The van der Waals surface area contributed by atoms with E-state index in [0.717, 1.165) is 10.7 Å². The second-order valence-corrected chi connectivity index (χ2v) is 5.66. The molecule has 1 rings (SSSR count). The number of benzene rings is 1. The van der Waals surface area contributed by atoms with Crippen molar-refractivity contribution < 1.29 is 8.42 Å². The summed E-state index contributed by atoms with van der Waals surface area (Å²) in [6.07, 6.45) is 1.05. The predicted molar refractivity (Wildman–Crippen MR) is 60.9 cm³/mol. The van der Waals surface area contributed by atoms with Crippen LogP contribution in [-0.2, 0) is 9.84 Å². The summed E-state index contributed by atoms with van der Waals surface area (Å²) in [6, 6.07) is 5.01. The normalized spacial score (nSPS) is 10.5. The maximum atomic E-state index is 10.8. The van der Waals surface area contributed by atoms with Gasteiger partial charge in [-0.2, -0.15) is 0 Å². The average molecular weight is 294 g/mol. The van der Waals surface area contributed by atoms with E-state index >= 15 is 0 Å². The molecule has 0 radical (unpaired) electrons. The zero-order valence-electron chi connectivity index (χ0n) is 7.21. The monoisotopic (exact) mass is 292 g/mol. The van der Waals surface area contributed by atoms with E-state index in [-0.39, 0.29) is 0 Å². The first-order chi connectivity index (χ1) is 6.38. The second-order valence-electron chi connectivity index (χ2n) is 2.62. The topological polar surface area (TPSA) is 34.1 Å². The van der Waals surface area contributed by atoms with E-state index in [1.165, 1.54) is 0 Å². The van der Waals surface area contributed by atoms with Gasteiger partial charge >= 0.3 is 0 Å². The number of hydrogen-bond donors (Lipinski definition) is 0. The third kappa shape index (κ3) is 3.70. The van der Waals surface area contributed by atoms with Crippen LogP contribution in [0.25, 0.3) is 0 Å². The third-order valence-corrected chi connectivity index (χ3v) is 2.70. The van der Waals surface area contributed by atoms with E-state index in [1.54, 1.807) is 18.2 Å². The Morgan fingerprint density at radius 1 is 1.43 bits per heavy atom. The molecule has 1 aromatic carbocycles. The van der Waals surface area contributed by atoms with Crippen LogP contribution < -0.4 is 0 Å². The first kappa shape index (κ1) is 11.6. The zero-order chi connectivity index (χ0) is 10.8. The number of sulfone groups is 1. The van der Waals surface area contributed by atoms with Crippen LogP contribution in [0.3, 0.4) is 0 Å². The van der Waals surface area contributed by atoms with E-state index in [2.05, 4.69) is 27.1 Å². The summed E-state index contributed by atoms with van der Waals surface area (Å²) in [7, 11) is -3.28. The molecule has 0 N–H and O–H groups in total. The van der Waals surface area contributed by atoms with Crippen LogP contribution in [0, 0.1) is 11.2 Å². The van der Waals surface area contributed by atoms with Crippen LogP contribution in [0.15, 0.2) is 22.7 Å². The summed E-state index contributed by atoms with van der Waals surface area (Å²) in [5, 5.41) is 2.66. The minimum Gasteiger partial charge on any atom is -0.216 e. The van der Waals surface area contributed by atoms with Crippen molar-refractivity contribution in [2.24, 2.45) is 0 Å². The van der Waals surface area contributed by atoms with Crippen molar-refractivity contribution >= 4 is 37.4 Å². The van der Waals surface area contributed by atoms with E-state index in [0.29, 0.717) is 10.6 Å². The van der Waals surface area contributed by atoms with E-state index < -0.39 is 9.84 Å². The molecule has 0 aliphatic heterocycles. The van der Waals surface area contributed by atoms with Gasteiger partial charge in [0.05, 0.1) is 6.26 Å².